The number of aromatic hydroxyl groups is 1. The van der Waals surface area contributed by atoms with Gasteiger partial charge in [-0.25, -0.2) is 9.10 Å². The maximum Gasteiger partial charge on any atom is 0.332 e. The quantitative estimate of drug-likeness (QED) is 0.688. The molecule has 2 rings (SSSR count). The Morgan fingerprint density at radius 2 is 1.96 bits per heavy atom. The van der Waals surface area contributed by atoms with E-state index < -0.39 is 6.03 Å². The molecule has 4 nitrogen and oxygen atoms in total. The Labute approximate surface area is 150 Å². The number of urea groups is 1. The maximum atomic E-state index is 12.1. The van der Waals surface area contributed by atoms with Crippen LogP contribution in [-0.4, -0.2) is 17.7 Å². The van der Waals surface area contributed by atoms with Crippen molar-refractivity contribution >= 4 is 47.7 Å². The van der Waals surface area contributed by atoms with Crippen molar-refractivity contribution in [3.05, 3.63) is 57.6 Å². The first-order chi connectivity index (χ1) is 10.9. The van der Waals surface area contributed by atoms with E-state index in [0.717, 1.165) is 9.87 Å². The highest BCUT2D eigenvalue weighted by atomic mass is 35.5. The Morgan fingerprint density at radius 1 is 1.30 bits per heavy atom. The lowest BCUT2D eigenvalue weighted by Crippen LogP contribution is -2.35. The molecule has 2 aromatic rings. The zero-order chi connectivity index (χ0) is 17.0. The van der Waals surface area contributed by atoms with Crippen LogP contribution in [0.5, 0.6) is 5.75 Å². The van der Waals surface area contributed by atoms with E-state index in [2.05, 4.69) is 18.1 Å². The second-order valence-electron chi connectivity index (χ2n) is 4.94. The van der Waals surface area contributed by atoms with E-state index in [1.54, 1.807) is 6.92 Å². The number of anilines is 1. The van der Waals surface area contributed by atoms with Gasteiger partial charge in [-0.2, -0.15) is 0 Å². The summed E-state index contributed by atoms with van der Waals surface area (Å²) in [5, 5.41) is 13.2. The molecule has 0 atom stereocenters. The van der Waals surface area contributed by atoms with E-state index in [0.29, 0.717) is 23.6 Å². The summed E-state index contributed by atoms with van der Waals surface area (Å²) in [6, 6.07) is 10.8. The summed E-state index contributed by atoms with van der Waals surface area (Å²) in [6.45, 7) is 2.12. The first-order valence-corrected chi connectivity index (χ1v) is 8.05. The number of carbonyl (C=O) groups excluding carboxylic acids is 1. The van der Waals surface area contributed by atoms with E-state index in [1.165, 1.54) is 6.07 Å². The van der Waals surface area contributed by atoms with Crippen LogP contribution in [0.1, 0.15) is 11.1 Å². The molecule has 0 aromatic heterocycles. The molecule has 0 saturated heterocycles. The standard InChI is InChI=1S/C16H16Cl2N2O2S/c1-10-12(17)9-13(15(21)14(10)18)20(23)16(22)19-8-7-11-5-3-2-4-6-11/h2-6,9,21,23H,7-8H2,1H3,(H,19,22). The van der Waals surface area contributed by atoms with Crippen molar-refractivity contribution in [3.8, 4) is 5.75 Å². The molecule has 0 spiro atoms. The van der Waals surface area contributed by atoms with Gasteiger partial charge in [-0.1, -0.05) is 66.3 Å². The molecule has 0 heterocycles. The summed E-state index contributed by atoms with van der Waals surface area (Å²) < 4.78 is 0.984. The monoisotopic (exact) mass is 370 g/mol. The van der Waals surface area contributed by atoms with Crippen LogP contribution >= 0.6 is 36.0 Å². The van der Waals surface area contributed by atoms with Gasteiger partial charge < -0.3 is 10.4 Å². The highest BCUT2D eigenvalue weighted by Crippen LogP contribution is 2.41. The van der Waals surface area contributed by atoms with Crippen LogP contribution < -0.4 is 9.62 Å². The lowest BCUT2D eigenvalue weighted by molar-refractivity contribution is 0.250. The summed E-state index contributed by atoms with van der Waals surface area (Å²) >= 11 is 16.1. The smallest absolute Gasteiger partial charge is 0.332 e. The minimum atomic E-state index is -0.476. The Bertz CT molecular complexity index is 711. The number of nitrogens with one attached hydrogen (secondary N) is 1. The molecule has 0 aliphatic rings. The molecule has 0 aliphatic heterocycles. The van der Waals surface area contributed by atoms with Crippen molar-refractivity contribution in [1.29, 1.82) is 0 Å². The molecule has 0 radical (unpaired) electrons. The second-order valence-corrected chi connectivity index (χ2v) is 6.13. The van der Waals surface area contributed by atoms with Gasteiger partial charge in [0.1, 0.15) is 5.69 Å². The van der Waals surface area contributed by atoms with Gasteiger partial charge in [-0.05, 0) is 30.5 Å². The molecule has 0 unspecified atom stereocenters. The molecule has 23 heavy (non-hydrogen) atoms. The zero-order valence-corrected chi connectivity index (χ0v) is 14.8. The number of benzene rings is 2. The number of carbonyl (C=O) groups is 1. The Balaban J connectivity index is 2.03. The predicted octanol–water partition coefficient (Wildman–Crippen LogP) is 4.61. The first-order valence-electron chi connectivity index (χ1n) is 6.90. The summed E-state index contributed by atoms with van der Waals surface area (Å²) in [7, 11) is 0. The van der Waals surface area contributed by atoms with Crippen LogP contribution in [0.25, 0.3) is 0 Å². The topological polar surface area (TPSA) is 52.6 Å². The van der Waals surface area contributed by atoms with Crippen molar-refractivity contribution in [2.45, 2.75) is 13.3 Å². The number of hydrogen-bond acceptors (Lipinski definition) is 3. The molecule has 0 bridgehead atoms. The molecule has 0 fully saturated rings. The van der Waals surface area contributed by atoms with Gasteiger partial charge in [-0.3, -0.25) is 0 Å². The van der Waals surface area contributed by atoms with E-state index in [4.69, 9.17) is 23.2 Å². The number of rotatable bonds is 4. The van der Waals surface area contributed by atoms with Crippen LogP contribution in [0.3, 0.4) is 0 Å². The zero-order valence-electron chi connectivity index (χ0n) is 12.4. The first kappa shape index (κ1) is 17.8. The number of hydrogen-bond donors (Lipinski definition) is 3. The minimum Gasteiger partial charge on any atom is -0.504 e. The Hall–Kier alpha value is -1.56. The SMILES string of the molecule is Cc1c(Cl)cc(N(S)C(=O)NCCc2ccccc2)c(O)c1Cl. The summed E-state index contributed by atoms with van der Waals surface area (Å²) in [5.41, 5.74) is 1.79. The van der Waals surface area contributed by atoms with E-state index >= 15 is 0 Å². The third-order valence-corrected chi connectivity index (χ3v) is 4.61. The van der Waals surface area contributed by atoms with Crippen LogP contribution in [0, 0.1) is 6.92 Å². The van der Waals surface area contributed by atoms with Gasteiger partial charge in [0.05, 0.1) is 5.02 Å². The van der Waals surface area contributed by atoms with Gasteiger partial charge in [-0.15, -0.1) is 0 Å². The van der Waals surface area contributed by atoms with Gasteiger partial charge in [0.25, 0.3) is 0 Å². The third kappa shape index (κ3) is 4.25. The molecular formula is C16H16Cl2N2O2S. The van der Waals surface area contributed by atoms with Crippen molar-refractivity contribution in [2.24, 2.45) is 0 Å². The van der Waals surface area contributed by atoms with Crippen LogP contribution in [-0.2, 0) is 6.42 Å². The number of thiol groups is 1. The average molecular weight is 371 g/mol. The fourth-order valence-corrected chi connectivity index (χ4v) is 2.66. The van der Waals surface area contributed by atoms with Gasteiger partial charge in [0.2, 0.25) is 0 Å². The van der Waals surface area contributed by atoms with Gasteiger partial charge >= 0.3 is 6.03 Å². The maximum absolute atomic E-state index is 12.1. The summed E-state index contributed by atoms with van der Waals surface area (Å²) in [5.74, 6) is -0.234. The highest BCUT2D eigenvalue weighted by Gasteiger charge is 2.20. The Morgan fingerprint density at radius 3 is 2.61 bits per heavy atom. The molecule has 2 N–H and O–H groups in total. The van der Waals surface area contributed by atoms with E-state index in [1.807, 2.05) is 30.3 Å². The van der Waals surface area contributed by atoms with Crippen molar-refractivity contribution < 1.29 is 9.90 Å². The molecular weight excluding hydrogens is 355 g/mol. The van der Waals surface area contributed by atoms with Gasteiger partial charge in [0, 0.05) is 11.6 Å². The second kappa shape index (κ2) is 7.81. The number of phenols is 1. The summed E-state index contributed by atoms with van der Waals surface area (Å²) in [4.78, 5) is 12.1. The Kier molecular flexibility index (Phi) is 6.04. The van der Waals surface area contributed by atoms with Gasteiger partial charge in [0.15, 0.2) is 5.75 Å². The number of amides is 2. The summed E-state index contributed by atoms with van der Waals surface area (Å²) in [6.07, 6.45) is 0.690. The van der Waals surface area contributed by atoms with Crippen LogP contribution in [0.4, 0.5) is 10.5 Å². The molecule has 2 amide bonds. The fraction of sp³-hybridized carbons (Fsp3) is 0.188. The van der Waals surface area contributed by atoms with Crippen LogP contribution in [0.2, 0.25) is 10.0 Å². The largest absolute Gasteiger partial charge is 0.504 e. The fourth-order valence-electron chi connectivity index (χ4n) is 2.00. The molecule has 0 aliphatic carbocycles. The van der Waals surface area contributed by atoms with E-state index in [-0.39, 0.29) is 16.5 Å². The normalized spacial score (nSPS) is 10.4. The van der Waals surface area contributed by atoms with Crippen molar-refractivity contribution in [3.63, 3.8) is 0 Å². The highest BCUT2D eigenvalue weighted by molar-refractivity contribution is 7.82. The van der Waals surface area contributed by atoms with E-state index in [9.17, 15) is 9.90 Å². The lowest BCUT2D eigenvalue weighted by Gasteiger charge is -2.19. The molecule has 2 aromatic carbocycles. The number of nitrogens with zero attached hydrogens (tertiary/aromatic N) is 1. The van der Waals surface area contributed by atoms with Crippen LogP contribution in [0.15, 0.2) is 36.4 Å². The molecule has 0 saturated carbocycles. The van der Waals surface area contributed by atoms with Crippen molar-refractivity contribution in [1.82, 2.24) is 5.32 Å². The number of phenolic OH excluding ortho intramolecular Hbond substituents is 1. The third-order valence-electron chi connectivity index (χ3n) is 3.35. The molecule has 7 heteroatoms. The molecule has 122 valence electrons. The predicted molar refractivity (Wildman–Crippen MR) is 97.9 cm³/mol. The van der Waals surface area contributed by atoms with Crippen molar-refractivity contribution in [2.75, 3.05) is 10.8 Å². The number of halogens is 2. The average Bonchev–Trinajstić information content (AvgIpc) is 2.56. The lowest BCUT2D eigenvalue weighted by atomic mass is 10.1. The minimum absolute atomic E-state index is 0.101.